The molecule has 0 aromatic heterocycles. The van der Waals surface area contributed by atoms with Crippen LogP contribution in [0.2, 0.25) is 0 Å². The molecule has 2 aromatic rings. The highest BCUT2D eigenvalue weighted by molar-refractivity contribution is 6.04. The summed E-state index contributed by atoms with van der Waals surface area (Å²) < 4.78 is 11.3. The summed E-state index contributed by atoms with van der Waals surface area (Å²) in [7, 11) is 1.62. The Balaban J connectivity index is 1.50. The van der Waals surface area contributed by atoms with E-state index >= 15 is 0 Å². The van der Waals surface area contributed by atoms with Crippen LogP contribution in [0, 0.1) is 0 Å². The minimum absolute atomic E-state index is 0.0109. The standard InChI is InChI=1S/C28H36N4O4/c1-19(2)36-26-17-22(10-14-25(26)35-4)24-13-15-28(34)32(30-24)18-21-8-11-23(12-9-21)31-16-6-5-7-27(31)29-20(3)33/h8-12,14,17,19,27H,5-7,13,15-16,18H2,1-4H3,(H,29,33). The quantitative estimate of drug-likeness (QED) is 0.588. The molecular weight excluding hydrogens is 456 g/mol. The van der Waals surface area contributed by atoms with E-state index in [0.29, 0.717) is 30.9 Å². The number of hydrogen-bond donors (Lipinski definition) is 1. The van der Waals surface area contributed by atoms with Gasteiger partial charge in [0.1, 0.15) is 6.17 Å². The Kier molecular flexibility index (Phi) is 8.13. The molecule has 0 saturated carbocycles. The largest absolute Gasteiger partial charge is 0.493 e. The van der Waals surface area contributed by atoms with Crippen molar-refractivity contribution < 1.29 is 19.1 Å². The van der Waals surface area contributed by atoms with E-state index in [4.69, 9.17) is 14.6 Å². The summed E-state index contributed by atoms with van der Waals surface area (Å²) in [5.41, 5.74) is 3.85. The van der Waals surface area contributed by atoms with Gasteiger partial charge in [0.15, 0.2) is 11.5 Å². The smallest absolute Gasteiger partial charge is 0.243 e. The molecule has 0 spiro atoms. The molecule has 2 amide bonds. The van der Waals surface area contributed by atoms with Crippen LogP contribution in [0.4, 0.5) is 5.69 Å². The average molecular weight is 493 g/mol. The van der Waals surface area contributed by atoms with Gasteiger partial charge in [0.25, 0.3) is 0 Å². The molecule has 2 aromatic carbocycles. The summed E-state index contributed by atoms with van der Waals surface area (Å²) in [6.45, 7) is 6.82. The van der Waals surface area contributed by atoms with Crippen molar-refractivity contribution in [2.75, 3.05) is 18.6 Å². The zero-order valence-corrected chi connectivity index (χ0v) is 21.6. The van der Waals surface area contributed by atoms with Crippen molar-refractivity contribution in [2.45, 2.75) is 71.7 Å². The molecule has 1 fully saturated rings. The first-order chi connectivity index (χ1) is 17.3. The fourth-order valence-electron chi connectivity index (χ4n) is 4.72. The van der Waals surface area contributed by atoms with E-state index < -0.39 is 0 Å². The molecule has 8 heteroatoms. The van der Waals surface area contributed by atoms with Crippen molar-refractivity contribution in [2.24, 2.45) is 5.10 Å². The maximum absolute atomic E-state index is 12.7. The van der Waals surface area contributed by atoms with Crippen molar-refractivity contribution in [3.05, 3.63) is 53.6 Å². The number of methoxy groups -OCH3 is 1. The second-order valence-corrected chi connectivity index (χ2v) is 9.60. The predicted molar refractivity (Wildman–Crippen MR) is 140 cm³/mol. The molecule has 2 aliphatic heterocycles. The highest BCUT2D eigenvalue weighted by Gasteiger charge is 2.25. The van der Waals surface area contributed by atoms with E-state index in [1.807, 2.05) is 44.2 Å². The Bertz CT molecular complexity index is 1110. The fraction of sp³-hybridized carbons (Fsp3) is 0.464. The van der Waals surface area contributed by atoms with E-state index in [1.165, 1.54) is 0 Å². The Labute approximate surface area is 213 Å². The van der Waals surface area contributed by atoms with E-state index in [0.717, 1.165) is 48.3 Å². The molecule has 0 aliphatic carbocycles. The maximum atomic E-state index is 12.7. The SMILES string of the molecule is COc1ccc(C2=NN(Cc3ccc(N4CCCCC4NC(C)=O)cc3)C(=O)CC2)cc1OC(C)C. The highest BCUT2D eigenvalue weighted by Crippen LogP contribution is 2.31. The topological polar surface area (TPSA) is 83.5 Å². The van der Waals surface area contributed by atoms with E-state index in [-0.39, 0.29) is 24.1 Å². The van der Waals surface area contributed by atoms with Gasteiger partial charge in [-0.3, -0.25) is 9.59 Å². The number of ether oxygens (including phenoxy) is 2. The van der Waals surface area contributed by atoms with Gasteiger partial charge in [-0.15, -0.1) is 0 Å². The Morgan fingerprint density at radius 1 is 1.11 bits per heavy atom. The summed E-state index contributed by atoms with van der Waals surface area (Å²) >= 11 is 0. The van der Waals surface area contributed by atoms with Crippen LogP contribution in [0.5, 0.6) is 11.5 Å². The van der Waals surface area contributed by atoms with Gasteiger partial charge in [-0.1, -0.05) is 12.1 Å². The number of benzene rings is 2. The number of carbonyl (C=O) groups is 2. The highest BCUT2D eigenvalue weighted by atomic mass is 16.5. The molecule has 1 unspecified atom stereocenters. The molecule has 1 N–H and O–H groups in total. The van der Waals surface area contributed by atoms with Crippen molar-refractivity contribution in [3.63, 3.8) is 0 Å². The van der Waals surface area contributed by atoms with Gasteiger partial charge in [0, 0.05) is 37.6 Å². The Morgan fingerprint density at radius 3 is 2.58 bits per heavy atom. The van der Waals surface area contributed by atoms with Gasteiger partial charge in [-0.25, -0.2) is 5.01 Å². The number of anilines is 1. The first kappa shape index (κ1) is 25.5. The molecule has 0 radical (unpaired) electrons. The predicted octanol–water partition coefficient (Wildman–Crippen LogP) is 4.46. The molecular formula is C28H36N4O4. The third-order valence-corrected chi connectivity index (χ3v) is 6.44. The molecule has 1 saturated heterocycles. The lowest BCUT2D eigenvalue weighted by molar-refractivity contribution is -0.132. The second-order valence-electron chi connectivity index (χ2n) is 9.60. The third-order valence-electron chi connectivity index (χ3n) is 6.44. The Morgan fingerprint density at radius 2 is 1.89 bits per heavy atom. The first-order valence-electron chi connectivity index (χ1n) is 12.7. The van der Waals surface area contributed by atoms with Gasteiger partial charge in [-0.05, 0) is 69.0 Å². The number of hydrogen-bond acceptors (Lipinski definition) is 6. The lowest BCUT2D eigenvalue weighted by Gasteiger charge is -2.37. The molecule has 2 heterocycles. The zero-order valence-electron chi connectivity index (χ0n) is 21.6. The van der Waals surface area contributed by atoms with Crippen molar-refractivity contribution in [1.82, 2.24) is 10.3 Å². The second kappa shape index (κ2) is 11.5. The summed E-state index contributed by atoms with van der Waals surface area (Å²) in [5, 5.41) is 9.32. The van der Waals surface area contributed by atoms with Crippen LogP contribution < -0.4 is 19.7 Å². The number of piperidine rings is 1. The molecule has 1 atom stereocenters. The number of nitrogens with one attached hydrogen (secondary N) is 1. The summed E-state index contributed by atoms with van der Waals surface area (Å²) in [6.07, 6.45) is 4.19. The minimum atomic E-state index is -0.0134. The van der Waals surface area contributed by atoms with Crippen LogP contribution in [0.1, 0.15) is 64.0 Å². The Hall–Kier alpha value is -3.55. The number of hydrazone groups is 1. The lowest BCUT2D eigenvalue weighted by atomic mass is 10.0. The lowest BCUT2D eigenvalue weighted by Crippen LogP contribution is -2.50. The van der Waals surface area contributed by atoms with E-state index in [9.17, 15) is 9.59 Å². The van der Waals surface area contributed by atoms with Crippen LogP contribution in [0.25, 0.3) is 0 Å². The van der Waals surface area contributed by atoms with Crippen LogP contribution in [-0.4, -0.2) is 48.5 Å². The molecule has 8 nitrogen and oxygen atoms in total. The first-order valence-corrected chi connectivity index (χ1v) is 12.7. The maximum Gasteiger partial charge on any atom is 0.243 e. The summed E-state index contributed by atoms with van der Waals surface area (Å²) in [5.74, 6) is 1.34. The van der Waals surface area contributed by atoms with Gasteiger partial charge in [0.2, 0.25) is 11.8 Å². The minimum Gasteiger partial charge on any atom is -0.493 e. The number of amides is 2. The molecule has 0 bridgehead atoms. The van der Waals surface area contributed by atoms with Crippen LogP contribution in [-0.2, 0) is 16.1 Å². The van der Waals surface area contributed by atoms with Crippen LogP contribution in [0.3, 0.4) is 0 Å². The summed E-state index contributed by atoms with van der Waals surface area (Å²) in [6, 6.07) is 14.0. The number of rotatable bonds is 8. The molecule has 192 valence electrons. The van der Waals surface area contributed by atoms with E-state index in [1.54, 1.807) is 19.0 Å². The fourth-order valence-corrected chi connectivity index (χ4v) is 4.72. The summed E-state index contributed by atoms with van der Waals surface area (Å²) in [4.78, 5) is 26.5. The normalized spacial score (nSPS) is 18.2. The van der Waals surface area contributed by atoms with E-state index in [2.05, 4.69) is 22.3 Å². The van der Waals surface area contributed by atoms with Crippen LogP contribution in [0.15, 0.2) is 47.6 Å². The van der Waals surface area contributed by atoms with Crippen LogP contribution >= 0.6 is 0 Å². The van der Waals surface area contributed by atoms with Gasteiger partial charge in [0.05, 0.1) is 25.5 Å². The third kappa shape index (κ3) is 6.17. The molecule has 4 rings (SSSR count). The zero-order chi connectivity index (χ0) is 25.7. The van der Waals surface area contributed by atoms with Crippen molar-refractivity contribution in [3.8, 4) is 11.5 Å². The average Bonchev–Trinajstić information content (AvgIpc) is 2.85. The monoisotopic (exact) mass is 492 g/mol. The van der Waals surface area contributed by atoms with Crippen molar-refractivity contribution in [1.29, 1.82) is 0 Å². The van der Waals surface area contributed by atoms with Crippen molar-refractivity contribution >= 4 is 23.2 Å². The van der Waals surface area contributed by atoms with Gasteiger partial charge in [-0.2, -0.15) is 5.10 Å². The molecule has 2 aliphatic rings. The number of nitrogens with zero attached hydrogens (tertiary/aromatic N) is 3. The number of carbonyl (C=O) groups excluding carboxylic acids is 2. The molecule has 36 heavy (non-hydrogen) atoms. The van der Waals surface area contributed by atoms with Gasteiger partial charge < -0.3 is 19.7 Å². The van der Waals surface area contributed by atoms with Gasteiger partial charge >= 0.3 is 0 Å².